The van der Waals surface area contributed by atoms with Crippen LogP contribution >= 0.6 is 0 Å². The first-order valence-corrected chi connectivity index (χ1v) is 3.47. The predicted octanol–water partition coefficient (Wildman–Crippen LogP) is -2.87. The molecule has 2 rings (SSSR count). The molecule has 0 fully saturated rings. The maximum absolute atomic E-state index is 4.06. The molecule has 1 aliphatic rings. The molecule has 1 aliphatic heterocycles. The summed E-state index contributed by atoms with van der Waals surface area (Å²) in [7, 11) is 2.12. The maximum Gasteiger partial charge on any atom is 1.00 e. The van der Waals surface area contributed by atoms with Crippen molar-refractivity contribution in [3.8, 4) is 0 Å². The summed E-state index contributed by atoms with van der Waals surface area (Å²) < 4.78 is 2.01. The fourth-order valence-corrected chi connectivity index (χ4v) is 1.25. The third-order valence-electron chi connectivity index (χ3n) is 1.87. The van der Waals surface area contributed by atoms with Crippen LogP contribution in [0.1, 0.15) is 5.69 Å². The normalized spacial score (nSPS) is 17.2. The maximum atomic E-state index is 4.06. The summed E-state index contributed by atoms with van der Waals surface area (Å²) in [6.07, 6.45) is 2.85. The van der Waals surface area contributed by atoms with Gasteiger partial charge in [-0.3, -0.25) is 0 Å². The molecule has 0 radical (unpaired) electrons. The Morgan fingerprint density at radius 1 is 1.55 bits per heavy atom. The molecular formula is C7H10KN3. The van der Waals surface area contributed by atoms with Crippen molar-refractivity contribution >= 4 is 0 Å². The number of likely N-dealkylation sites (N-methyl/N-ethyl adjacent to an activating group) is 1. The number of hydrogen-bond acceptors (Lipinski definition) is 2. The van der Waals surface area contributed by atoms with Gasteiger partial charge >= 0.3 is 51.4 Å². The summed E-state index contributed by atoms with van der Waals surface area (Å²) in [5, 5.41) is 4.06. The summed E-state index contributed by atoms with van der Waals surface area (Å²) in [6, 6.07) is 1.95. The largest absolute Gasteiger partial charge is 1.00 e. The molecule has 0 unspecified atom stereocenters. The van der Waals surface area contributed by atoms with Gasteiger partial charge in [0.15, 0.2) is 0 Å². The minimum Gasteiger partial charge on any atom is -0.363 e. The molecule has 1 aromatic rings. The molecule has 4 heteroatoms. The van der Waals surface area contributed by atoms with Gasteiger partial charge in [0.2, 0.25) is 0 Å². The molecule has 0 aliphatic carbocycles. The summed E-state index contributed by atoms with van der Waals surface area (Å²) in [6.45, 7) is 3.12. The van der Waals surface area contributed by atoms with Crippen LogP contribution in [0.3, 0.4) is 0 Å². The molecule has 1 aromatic heterocycles. The van der Waals surface area contributed by atoms with E-state index in [4.69, 9.17) is 0 Å². The van der Waals surface area contributed by atoms with E-state index < -0.39 is 0 Å². The summed E-state index contributed by atoms with van der Waals surface area (Å²) in [4.78, 5) is 2.28. The zero-order valence-corrected chi connectivity index (χ0v) is 10.2. The van der Waals surface area contributed by atoms with Crippen molar-refractivity contribution in [3.05, 3.63) is 18.0 Å². The van der Waals surface area contributed by atoms with Gasteiger partial charge in [-0.25, -0.2) is 0 Å². The molecule has 11 heavy (non-hydrogen) atoms. The second-order valence-electron chi connectivity index (χ2n) is 2.73. The molecule has 3 nitrogen and oxygen atoms in total. The standard InChI is InChI=1S/C7H10N3.K/c1-9-4-5-10-7(6-9)2-3-8-10;/h2H,4-6H2,1H3;/q-1;+1. The second kappa shape index (κ2) is 4.16. The van der Waals surface area contributed by atoms with E-state index >= 15 is 0 Å². The molecule has 0 N–H and O–H groups in total. The van der Waals surface area contributed by atoms with Crippen molar-refractivity contribution in [2.24, 2.45) is 0 Å². The van der Waals surface area contributed by atoms with Gasteiger partial charge in [-0.1, -0.05) is 5.69 Å². The zero-order chi connectivity index (χ0) is 6.97. The molecule has 0 atom stereocenters. The van der Waals surface area contributed by atoms with E-state index in [1.165, 1.54) is 5.69 Å². The minimum atomic E-state index is 0. The molecule has 0 bridgehead atoms. The van der Waals surface area contributed by atoms with Gasteiger partial charge in [-0.2, -0.15) is 6.07 Å². The van der Waals surface area contributed by atoms with Crippen molar-refractivity contribution in [1.29, 1.82) is 0 Å². The fourth-order valence-electron chi connectivity index (χ4n) is 1.25. The Morgan fingerprint density at radius 3 is 3.18 bits per heavy atom. The molecule has 0 saturated heterocycles. The molecule has 54 valence electrons. The quantitative estimate of drug-likeness (QED) is 0.312. The van der Waals surface area contributed by atoms with Crippen LogP contribution in [-0.4, -0.2) is 28.3 Å². The van der Waals surface area contributed by atoms with Gasteiger partial charge in [-0.05, 0) is 13.6 Å². The SMILES string of the molecule is CN1CCn2n[c-]cc2C1.[K+]. The van der Waals surface area contributed by atoms with E-state index in [2.05, 4.69) is 23.2 Å². The Labute approximate surface area is 109 Å². The van der Waals surface area contributed by atoms with Crippen LogP contribution in [0.15, 0.2) is 6.07 Å². The first-order valence-electron chi connectivity index (χ1n) is 3.47. The van der Waals surface area contributed by atoms with Crippen molar-refractivity contribution in [3.63, 3.8) is 0 Å². The van der Waals surface area contributed by atoms with Crippen LogP contribution < -0.4 is 51.4 Å². The van der Waals surface area contributed by atoms with Gasteiger partial charge in [0, 0.05) is 13.1 Å². The molecular weight excluding hydrogens is 165 g/mol. The average Bonchev–Trinajstić information content (AvgIpc) is 2.33. The molecule has 0 saturated carbocycles. The summed E-state index contributed by atoms with van der Waals surface area (Å²) in [5.41, 5.74) is 1.27. The Hall–Kier alpha value is 0.806. The Kier molecular flexibility index (Phi) is 3.74. The third-order valence-corrected chi connectivity index (χ3v) is 1.87. The van der Waals surface area contributed by atoms with E-state index in [9.17, 15) is 0 Å². The van der Waals surface area contributed by atoms with Crippen molar-refractivity contribution < 1.29 is 51.4 Å². The van der Waals surface area contributed by atoms with Gasteiger partial charge in [0.25, 0.3) is 0 Å². The van der Waals surface area contributed by atoms with Crippen LogP contribution in [0.25, 0.3) is 0 Å². The smallest absolute Gasteiger partial charge is 0.363 e. The number of rotatable bonds is 0. The number of fused-ring (bicyclic) bond motifs is 1. The Morgan fingerprint density at radius 2 is 2.36 bits per heavy atom. The monoisotopic (exact) mass is 175 g/mol. The van der Waals surface area contributed by atoms with Gasteiger partial charge in [0.05, 0.1) is 0 Å². The first-order chi connectivity index (χ1) is 4.86. The van der Waals surface area contributed by atoms with Gasteiger partial charge in [-0.15, -0.1) is 6.20 Å². The van der Waals surface area contributed by atoms with Crippen molar-refractivity contribution in [2.75, 3.05) is 13.6 Å². The average molecular weight is 175 g/mol. The summed E-state index contributed by atoms with van der Waals surface area (Å²) in [5.74, 6) is 0. The van der Waals surface area contributed by atoms with Gasteiger partial charge in [0.1, 0.15) is 0 Å². The van der Waals surface area contributed by atoms with Crippen LogP contribution in [0.5, 0.6) is 0 Å². The van der Waals surface area contributed by atoms with Crippen LogP contribution in [0.2, 0.25) is 0 Å². The Balaban J connectivity index is 0.000000605. The van der Waals surface area contributed by atoms with E-state index in [1.807, 2.05) is 10.7 Å². The molecule has 0 amide bonds. The summed E-state index contributed by atoms with van der Waals surface area (Å²) >= 11 is 0. The van der Waals surface area contributed by atoms with Gasteiger partial charge < -0.3 is 14.7 Å². The van der Waals surface area contributed by atoms with Crippen molar-refractivity contribution in [2.45, 2.75) is 13.1 Å². The van der Waals surface area contributed by atoms with E-state index in [1.54, 1.807) is 0 Å². The second-order valence-corrected chi connectivity index (χ2v) is 2.73. The zero-order valence-electron chi connectivity index (χ0n) is 7.04. The number of hydrogen-bond donors (Lipinski definition) is 0. The number of nitrogens with zero attached hydrogens (tertiary/aromatic N) is 3. The van der Waals surface area contributed by atoms with Crippen LogP contribution in [0.4, 0.5) is 0 Å². The molecule has 0 aromatic carbocycles. The molecule has 0 spiro atoms. The van der Waals surface area contributed by atoms with E-state index in [0.717, 1.165) is 19.6 Å². The first kappa shape index (κ1) is 9.89. The topological polar surface area (TPSA) is 21.1 Å². The van der Waals surface area contributed by atoms with Crippen molar-refractivity contribution in [1.82, 2.24) is 14.7 Å². The fraction of sp³-hybridized carbons (Fsp3) is 0.571. The minimum absolute atomic E-state index is 0. The number of aromatic nitrogens is 2. The van der Waals surface area contributed by atoms with Crippen LogP contribution in [-0.2, 0) is 13.1 Å². The Bertz CT molecular complexity index is 233. The predicted molar refractivity (Wildman–Crippen MR) is 37.4 cm³/mol. The molecule has 2 heterocycles. The third kappa shape index (κ3) is 2.14. The van der Waals surface area contributed by atoms with E-state index in [-0.39, 0.29) is 51.4 Å². The van der Waals surface area contributed by atoms with Crippen LogP contribution in [0, 0.1) is 6.20 Å². The van der Waals surface area contributed by atoms with E-state index in [0.29, 0.717) is 0 Å².